The summed E-state index contributed by atoms with van der Waals surface area (Å²) >= 11 is 1.30. The first-order chi connectivity index (χ1) is 19.4. The van der Waals surface area contributed by atoms with Gasteiger partial charge in [0.25, 0.3) is 0 Å². The van der Waals surface area contributed by atoms with Crippen molar-refractivity contribution < 1.29 is 26.4 Å². The highest BCUT2D eigenvalue weighted by Gasteiger charge is 2.26. The predicted octanol–water partition coefficient (Wildman–Crippen LogP) is 5.38. The van der Waals surface area contributed by atoms with Gasteiger partial charge in [0.1, 0.15) is 11.3 Å². The van der Waals surface area contributed by atoms with E-state index >= 15 is 0 Å². The average Bonchev–Trinajstić information content (AvgIpc) is 3.58. The zero-order valence-corrected chi connectivity index (χ0v) is 22.5. The molecule has 0 spiro atoms. The van der Waals surface area contributed by atoms with E-state index in [2.05, 4.69) is 10.1 Å². The number of rotatable bonds is 6. The lowest BCUT2D eigenvalue weighted by Gasteiger charge is -2.26. The maximum Gasteiger partial charge on any atom is 0.243 e. The number of para-hydroxylation sites is 1. The van der Waals surface area contributed by atoms with E-state index in [4.69, 9.17) is 9.15 Å². The third-order valence-corrected chi connectivity index (χ3v) is 9.03. The van der Waals surface area contributed by atoms with Crippen LogP contribution in [0, 0.1) is 11.6 Å². The molecule has 8 nitrogen and oxygen atoms in total. The van der Waals surface area contributed by atoms with Crippen molar-refractivity contribution in [2.45, 2.75) is 4.90 Å². The van der Waals surface area contributed by atoms with E-state index < -0.39 is 21.7 Å². The number of benzene rings is 3. The van der Waals surface area contributed by atoms with Gasteiger partial charge in [0, 0.05) is 23.9 Å². The minimum atomic E-state index is -3.63. The van der Waals surface area contributed by atoms with Gasteiger partial charge >= 0.3 is 0 Å². The van der Waals surface area contributed by atoms with Crippen LogP contribution in [0.25, 0.3) is 22.4 Å². The summed E-state index contributed by atoms with van der Waals surface area (Å²) in [5.74, 6) is -1.37. The van der Waals surface area contributed by atoms with Gasteiger partial charge in [-0.15, -0.1) is 11.3 Å². The molecule has 0 unspecified atom stereocenters. The number of fused-ring (bicyclic) bond motifs is 1. The molecule has 1 fully saturated rings. The normalized spacial score (nSPS) is 15.4. The minimum Gasteiger partial charge on any atom is -0.454 e. The summed E-state index contributed by atoms with van der Waals surface area (Å²) in [6.45, 7) is 1.35. The molecule has 2 aromatic heterocycles. The maximum atomic E-state index is 13.8. The highest BCUT2D eigenvalue weighted by atomic mass is 32.2. The van der Waals surface area contributed by atoms with Crippen LogP contribution in [0.2, 0.25) is 0 Å². The molecule has 0 saturated carbocycles. The lowest BCUT2D eigenvalue weighted by Crippen LogP contribution is -2.40. The third kappa shape index (κ3) is 5.26. The Bertz CT molecular complexity index is 1850. The van der Waals surface area contributed by atoms with Gasteiger partial charge in [-0.25, -0.2) is 26.9 Å². The maximum absolute atomic E-state index is 13.8. The van der Waals surface area contributed by atoms with Crippen LogP contribution in [0.4, 0.5) is 14.5 Å². The lowest BCUT2D eigenvalue weighted by atomic mass is 10.2. The van der Waals surface area contributed by atoms with E-state index in [0.29, 0.717) is 59.4 Å². The third-order valence-electron chi connectivity index (χ3n) is 6.30. The van der Waals surface area contributed by atoms with Crippen molar-refractivity contribution >= 4 is 44.2 Å². The van der Waals surface area contributed by atoms with Crippen LogP contribution in [-0.4, -0.2) is 49.9 Å². The van der Waals surface area contributed by atoms with Crippen molar-refractivity contribution in [3.8, 4) is 11.5 Å². The molecule has 3 aromatic carbocycles. The Balaban J connectivity index is 1.39. The zero-order chi connectivity index (χ0) is 27.7. The van der Waals surface area contributed by atoms with Gasteiger partial charge in [0.05, 0.1) is 30.0 Å². The first-order valence-electron chi connectivity index (χ1n) is 12.3. The Labute approximate surface area is 232 Å². The monoisotopic (exact) mass is 580 g/mol. The van der Waals surface area contributed by atoms with Crippen LogP contribution >= 0.6 is 11.3 Å². The molecule has 40 heavy (non-hydrogen) atoms. The quantitative estimate of drug-likeness (QED) is 0.253. The van der Waals surface area contributed by atoms with Gasteiger partial charge in [-0.05, 0) is 54.1 Å². The number of hydrogen-bond donors (Lipinski definition) is 0. The number of hydrogen-bond acceptors (Lipinski definition) is 7. The molecule has 3 heterocycles. The smallest absolute Gasteiger partial charge is 0.243 e. The second-order valence-corrected chi connectivity index (χ2v) is 11.7. The van der Waals surface area contributed by atoms with Gasteiger partial charge in [-0.3, -0.25) is 0 Å². The van der Waals surface area contributed by atoms with Crippen molar-refractivity contribution in [3.05, 3.63) is 100 Å². The molecule has 6 rings (SSSR count). The standard InChI is InChI=1S/C28H22F2N4O4S2/c29-23-10-5-19(15-24(23)30)17-31-34-25(27-16-20-3-1-2-4-26(20)38-27)18-39-28(34)32-21-6-8-22(9-7-21)40(35,36)33-11-13-37-14-12-33/h1-10,15-18H,11-14H2. The van der Waals surface area contributed by atoms with E-state index in [0.717, 1.165) is 17.5 Å². The van der Waals surface area contributed by atoms with Gasteiger partial charge < -0.3 is 9.15 Å². The largest absolute Gasteiger partial charge is 0.454 e. The second kappa shape index (κ2) is 10.9. The number of morpholine rings is 1. The number of nitrogens with zero attached hydrogens (tertiary/aromatic N) is 4. The first kappa shape index (κ1) is 26.3. The Kier molecular flexibility index (Phi) is 7.15. The summed E-state index contributed by atoms with van der Waals surface area (Å²) in [6.07, 6.45) is 1.40. The van der Waals surface area contributed by atoms with Crippen LogP contribution in [-0.2, 0) is 14.8 Å². The molecular weight excluding hydrogens is 558 g/mol. The number of halogens is 2. The molecule has 5 aromatic rings. The molecule has 12 heteroatoms. The summed E-state index contributed by atoms with van der Waals surface area (Å²) < 4.78 is 67.4. The Morgan fingerprint density at radius 3 is 2.45 bits per heavy atom. The molecule has 0 aliphatic carbocycles. The molecule has 1 saturated heterocycles. The molecule has 1 aliphatic heterocycles. The zero-order valence-electron chi connectivity index (χ0n) is 20.9. The Morgan fingerprint density at radius 1 is 0.925 bits per heavy atom. The molecule has 0 atom stereocenters. The van der Waals surface area contributed by atoms with E-state index in [1.165, 1.54) is 40.1 Å². The van der Waals surface area contributed by atoms with Crippen molar-refractivity contribution in [1.29, 1.82) is 0 Å². The summed E-state index contributed by atoms with van der Waals surface area (Å²) in [5.41, 5.74) is 2.17. The topological polar surface area (TPSA) is 89.4 Å². The fraction of sp³-hybridized carbons (Fsp3) is 0.143. The van der Waals surface area contributed by atoms with Gasteiger partial charge in [0.2, 0.25) is 14.8 Å². The van der Waals surface area contributed by atoms with Crippen molar-refractivity contribution in [3.63, 3.8) is 0 Å². The van der Waals surface area contributed by atoms with Crippen molar-refractivity contribution in [2.75, 3.05) is 26.3 Å². The fourth-order valence-electron chi connectivity index (χ4n) is 4.22. The van der Waals surface area contributed by atoms with E-state index in [-0.39, 0.29) is 4.90 Å². The number of furan rings is 1. The second-order valence-electron chi connectivity index (χ2n) is 8.90. The average molecular weight is 581 g/mol. The SMILES string of the molecule is O=S(=O)(c1ccc(N=c2scc(-c3cc4ccccc4o3)n2N=Cc2ccc(F)c(F)c2)cc1)N1CCOCC1. The number of sulfonamides is 1. The molecule has 204 valence electrons. The predicted molar refractivity (Wildman–Crippen MR) is 148 cm³/mol. The lowest BCUT2D eigenvalue weighted by molar-refractivity contribution is 0.0730. The van der Waals surface area contributed by atoms with Crippen LogP contribution in [0.15, 0.2) is 97.6 Å². The van der Waals surface area contributed by atoms with Gasteiger partial charge in [-0.1, -0.05) is 24.3 Å². The molecule has 1 aliphatic rings. The summed E-state index contributed by atoms with van der Waals surface area (Å²) in [6, 6.07) is 19.3. The van der Waals surface area contributed by atoms with Crippen LogP contribution in [0.1, 0.15) is 5.56 Å². The van der Waals surface area contributed by atoms with Crippen molar-refractivity contribution in [2.24, 2.45) is 10.1 Å². The van der Waals surface area contributed by atoms with E-state index in [9.17, 15) is 17.2 Å². The fourth-order valence-corrected chi connectivity index (χ4v) is 6.47. The van der Waals surface area contributed by atoms with E-state index in [1.54, 1.807) is 16.8 Å². The summed E-state index contributed by atoms with van der Waals surface area (Å²) in [7, 11) is -3.63. The molecule has 0 N–H and O–H groups in total. The number of ether oxygens (including phenoxy) is 1. The Hall–Kier alpha value is -3.97. The van der Waals surface area contributed by atoms with Crippen molar-refractivity contribution in [1.82, 2.24) is 8.98 Å². The molecule has 0 radical (unpaired) electrons. The highest BCUT2D eigenvalue weighted by molar-refractivity contribution is 7.89. The van der Waals surface area contributed by atoms with Gasteiger partial charge in [-0.2, -0.15) is 9.41 Å². The Morgan fingerprint density at radius 2 is 1.70 bits per heavy atom. The van der Waals surface area contributed by atoms with Crippen LogP contribution in [0.3, 0.4) is 0 Å². The van der Waals surface area contributed by atoms with E-state index in [1.807, 2.05) is 35.7 Å². The molecular formula is C28H22F2N4O4S2. The first-order valence-corrected chi connectivity index (χ1v) is 14.6. The molecule has 0 amide bonds. The van der Waals surface area contributed by atoms with Crippen LogP contribution < -0.4 is 4.80 Å². The number of thiazole rings is 1. The van der Waals surface area contributed by atoms with Gasteiger partial charge in [0.15, 0.2) is 17.4 Å². The van der Waals surface area contributed by atoms with Crippen LogP contribution in [0.5, 0.6) is 0 Å². The summed E-state index contributed by atoms with van der Waals surface area (Å²) in [5, 5.41) is 7.25. The number of aromatic nitrogens is 1. The minimum absolute atomic E-state index is 0.173. The summed E-state index contributed by atoms with van der Waals surface area (Å²) in [4.78, 5) is 5.31. The highest BCUT2D eigenvalue weighted by Crippen LogP contribution is 2.28. The molecule has 0 bridgehead atoms.